The third-order valence-corrected chi connectivity index (χ3v) is 5.96. The van der Waals surface area contributed by atoms with E-state index in [0.29, 0.717) is 29.0 Å². The van der Waals surface area contributed by atoms with Crippen LogP contribution in [-0.2, 0) is 18.4 Å². The molecule has 0 atom stereocenters. The highest BCUT2D eigenvalue weighted by Crippen LogP contribution is 2.24. The van der Waals surface area contributed by atoms with Crippen molar-refractivity contribution < 1.29 is 4.79 Å². The SMILES string of the molecule is Cc1nc(SCC(=O)Nc2cccc(C(C)C)c2)c2c(=O)n(C)c(=O)n(CC(C)C)c2n1. The van der Waals surface area contributed by atoms with Gasteiger partial charge in [-0.15, -0.1) is 0 Å². The maximum Gasteiger partial charge on any atom is 0.332 e. The van der Waals surface area contributed by atoms with Crippen molar-refractivity contribution in [3.8, 4) is 0 Å². The summed E-state index contributed by atoms with van der Waals surface area (Å²) in [5.41, 5.74) is 1.31. The van der Waals surface area contributed by atoms with Gasteiger partial charge in [0.1, 0.15) is 16.2 Å². The highest BCUT2D eigenvalue weighted by molar-refractivity contribution is 8.00. The van der Waals surface area contributed by atoms with Crippen molar-refractivity contribution in [3.63, 3.8) is 0 Å². The average molecular weight is 456 g/mol. The molecule has 0 bridgehead atoms. The van der Waals surface area contributed by atoms with E-state index in [0.717, 1.165) is 15.8 Å². The summed E-state index contributed by atoms with van der Waals surface area (Å²) in [6.07, 6.45) is 0. The van der Waals surface area contributed by atoms with Crippen molar-refractivity contribution in [1.29, 1.82) is 0 Å². The monoisotopic (exact) mass is 455 g/mol. The molecular weight excluding hydrogens is 426 g/mol. The molecule has 32 heavy (non-hydrogen) atoms. The standard InChI is InChI=1S/C23H29N5O3S/c1-13(2)11-28-20-19(22(30)27(6)23(28)31)21(25-15(5)24-20)32-12-18(29)26-17-9-7-8-16(10-17)14(3)4/h7-10,13-14H,11-12H2,1-6H3,(H,26,29). The molecule has 0 spiro atoms. The molecule has 0 saturated heterocycles. The van der Waals surface area contributed by atoms with E-state index in [2.05, 4.69) is 29.1 Å². The van der Waals surface area contributed by atoms with Crippen LogP contribution in [0.1, 0.15) is 45.0 Å². The van der Waals surface area contributed by atoms with Crippen molar-refractivity contribution in [2.45, 2.75) is 52.1 Å². The first-order valence-electron chi connectivity index (χ1n) is 10.6. The minimum Gasteiger partial charge on any atom is -0.325 e. The van der Waals surface area contributed by atoms with Gasteiger partial charge in [0.05, 0.1) is 5.75 Å². The summed E-state index contributed by atoms with van der Waals surface area (Å²) >= 11 is 1.17. The van der Waals surface area contributed by atoms with Gasteiger partial charge < -0.3 is 5.32 Å². The third kappa shape index (κ3) is 5.09. The Labute approximate surface area is 191 Å². The molecule has 8 nitrogen and oxygen atoms in total. The summed E-state index contributed by atoms with van der Waals surface area (Å²) in [7, 11) is 1.45. The molecule has 3 rings (SSSR count). The number of benzene rings is 1. The van der Waals surface area contributed by atoms with Crippen LogP contribution in [-0.4, -0.2) is 30.8 Å². The van der Waals surface area contributed by atoms with Crippen molar-refractivity contribution in [2.75, 3.05) is 11.1 Å². The summed E-state index contributed by atoms with van der Waals surface area (Å²) in [6, 6.07) is 7.74. The zero-order valence-electron chi connectivity index (χ0n) is 19.3. The molecule has 0 aliphatic heterocycles. The van der Waals surface area contributed by atoms with Crippen molar-refractivity contribution in [1.82, 2.24) is 19.1 Å². The van der Waals surface area contributed by atoms with Gasteiger partial charge in [0.15, 0.2) is 5.65 Å². The molecule has 1 aromatic carbocycles. The van der Waals surface area contributed by atoms with Crippen LogP contribution in [0.4, 0.5) is 5.69 Å². The number of hydrogen-bond donors (Lipinski definition) is 1. The lowest BCUT2D eigenvalue weighted by Gasteiger charge is -2.15. The predicted molar refractivity (Wildman–Crippen MR) is 128 cm³/mol. The highest BCUT2D eigenvalue weighted by atomic mass is 32.2. The second kappa shape index (κ2) is 9.68. The van der Waals surface area contributed by atoms with Gasteiger partial charge in [-0.1, -0.05) is 51.6 Å². The quantitative estimate of drug-likeness (QED) is 0.433. The topological polar surface area (TPSA) is 98.9 Å². The van der Waals surface area contributed by atoms with Crippen LogP contribution in [0.15, 0.2) is 38.9 Å². The van der Waals surface area contributed by atoms with Crippen LogP contribution in [0.3, 0.4) is 0 Å². The first-order chi connectivity index (χ1) is 15.1. The number of hydrogen-bond acceptors (Lipinski definition) is 6. The Kier molecular flexibility index (Phi) is 7.18. The van der Waals surface area contributed by atoms with Gasteiger partial charge in [0.2, 0.25) is 5.91 Å². The highest BCUT2D eigenvalue weighted by Gasteiger charge is 2.19. The van der Waals surface area contributed by atoms with Gasteiger partial charge in [0, 0.05) is 19.3 Å². The number of nitrogens with one attached hydrogen (secondary N) is 1. The normalized spacial score (nSPS) is 11.5. The van der Waals surface area contributed by atoms with E-state index in [1.165, 1.54) is 23.4 Å². The van der Waals surface area contributed by atoms with Crippen LogP contribution in [0, 0.1) is 12.8 Å². The number of aryl methyl sites for hydroxylation is 1. The molecule has 0 fully saturated rings. The predicted octanol–water partition coefficient (Wildman–Crippen LogP) is 3.31. The van der Waals surface area contributed by atoms with Crippen LogP contribution in [0.5, 0.6) is 0 Å². The maximum atomic E-state index is 12.9. The van der Waals surface area contributed by atoms with Gasteiger partial charge in [0.25, 0.3) is 5.56 Å². The molecule has 3 aromatic rings. The van der Waals surface area contributed by atoms with Gasteiger partial charge in [-0.05, 0) is 36.5 Å². The van der Waals surface area contributed by atoms with Crippen molar-refractivity contribution >= 4 is 34.4 Å². The first kappa shape index (κ1) is 23.7. The summed E-state index contributed by atoms with van der Waals surface area (Å²) in [5, 5.41) is 3.56. The Morgan fingerprint density at radius 1 is 1.16 bits per heavy atom. The van der Waals surface area contributed by atoms with E-state index in [4.69, 9.17) is 0 Å². The average Bonchev–Trinajstić information content (AvgIpc) is 2.73. The fourth-order valence-corrected chi connectivity index (χ4v) is 4.24. The van der Waals surface area contributed by atoms with Crippen molar-refractivity contribution in [3.05, 3.63) is 56.5 Å². The lowest BCUT2D eigenvalue weighted by atomic mass is 10.0. The molecule has 2 heterocycles. The fourth-order valence-electron chi connectivity index (χ4n) is 3.38. The number of aromatic nitrogens is 4. The molecule has 0 unspecified atom stereocenters. The number of carbonyl (C=O) groups is 1. The smallest absolute Gasteiger partial charge is 0.325 e. The molecule has 170 valence electrons. The van der Waals surface area contributed by atoms with Crippen LogP contribution < -0.4 is 16.6 Å². The van der Waals surface area contributed by atoms with Crippen LogP contribution >= 0.6 is 11.8 Å². The van der Waals surface area contributed by atoms with E-state index in [1.807, 2.05) is 38.1 Å². The molecule has 1 amide bonds. The maximum absolute atomic E-state index is 12.9. The summed E-state index contributed by atoms with van der Waals surface area (Å²) in [5.74, 6) is 0.857. The zero-order chi connectivity index (χ0) is 23.6. The summed E-state index contributed by atoms with van der Waals surface area (Å²) in [6.45, 7) is 10.3. The Morgan fingerprint density at radius 2 is 1.88 bits per heavy atom. The molecule has 0 aliphatic carbocycles. The van der Waals surface area contributed by atoms with Crippen LogP contribution in [0.2, 0.25) is 0 Å². The Morgan fingerprint density at radius 3 is 2.53 bits per heavy atom. The largest absolute Gasteiger partial charge is 0.332 e. The Balaban J connectivity index is 1.93. The number of rotatable bonds is 7. The molecule has 0 radical (unpaired) electrons. The minimum atomic E-state index is -0.461. The van der Waals surface area contributed by atoms with E-state index in [-0.39, 0.29) is 23.0 Å². The lowest BCUT2D eigenvalue weighted by molar-refractivity contribution is -0.113. The third-order valence-electron chi connectivity index (χ3n) is 4.99. The number of nitrogens with zero attached hydrogens (tertiary/aromatic N) is 4. The number of amides is 1. The zero-order valence-corrected chi connectivity index (χ0v) is 20.1. The molecule has 0 saturated carbocycles. The number of fused-ring (bicyclic) bond motifs is 1. The van der Waals surface area contributed by atoms with Gasteiger partial charge in [-0.25, -0.2) is 14.8 Å². The molecule has 2 aromatic heterocycles. The van der Waals surface area contributed by atoms with Gasteiger partial charge in [-0.2, -0.15) is 0 Å². The number of thioether (sulfide) groups is 1. The number of anilines is 1. The second-order valence-corrected chi connectivity index (χ2v) is 9.51. The lowest BCUT2D eigenvalue weighted by Crippen LogP contribution is -2.39. The second-order valence-electron chi connectivity index (χ2n) is 8.54. The molecule has 9 heteroatoms. The molecule has 0 aliphatic rings. The molecular formula is C23H29N5O3S. The van der Waals surface area contributed by atoms with Crippen LogP contribution in [0.25, 0.3) is 11.0 Å². The van der Waals surface area contributed by atoms with Crippen molar-refractivity contribution in [2.24, 2.45) is 13.0 Å². The van der Waals surface area contributed by atoms with Gasteiger partial charge >= 0.3 is 5.69 Å². The van der Waals surface area contributed by atoms with E-state index < -0.39 is 11.2 Å². The number of carbonyl (C=O) groups excluding carboxylic acids is 1. The Bertz CT molecular complexity index is 1280. The Hall–Kier alpha value is -2.94. The van der Waals surface area contributed by atoms with E-state index in [9.17, 15) is 14.4 Å². The summed E-state index contributed by atoms with van der Waals surface area (Å²) < 4.78 is 2.59. The minimum absolute atomic E-state index is 0.0733. The van der Waals surface area contributed by atoms with Gasteiger partial charge in [-0.3, -0.25) is 18.7 Å². The van der Waals surface area contributed by atoms with E-state index in [1.54, 1.807) is 6.92 Å². The first-order valence-corrected chi connectivity index (χ1v) is 11.6. The fraction of sp³-hybridized carbons (Fsp3) is 0.435. The van der Waals surface area contributed by atoms with E-state index >= 15 is 0 Å². The summed E-state index contributed by atoms with van der Waals surface area (Å²) in [4.78, 5) is 47.0. The molecule has 1 N–H and O–H groups in total.